The van der Waals surface area contributed by atoms with Crippen molar-refractivity contribution >= 4 is 75.3 Å². The van der Waals surface area contributed by atoms with Crippen LogP contribution in [0.2, 0.25) is 0 Å². The molecule has 0 N–H and O–H groups in total. The number of thiophene rings is 1. The third-order valence-corrected chi connectivity index (χ3v) is 9.77. The molecule has 0 fully saturated rings. The lowest BCUT2D eigenvalue weighted by atomic mass is 10.0. The molecule has 6 aromatic carbocycles. The Balaban J connectivity index is 1.34. The predicted molar refractivity (Wildman–Crippen MR) is 185 cm³/mol. The van der Waals surface area contributed by atoms with E-state index in [1.807, 2.05) is 84.1 Å². The molecule has 0 bridgehead atoms. The molecule has 45 heavy (non-hydrogen) atoms. The number of nitrogens with zero attached hydrogens (tertiary/aromatic N) is 4. The maximum atomic E-state index is 6.29. The highest BCUT2D eigenvalue weighted by atomic mass is 32.1. The Kier molecular flexibility index (Phi) is 5.09. The van der Waals surface area contributed by atoms with Gasteiger partial charge in [-0.3, -0.25) is 4.57 Å². The predicted octanol–water partition coefficient (Wildman–Crippen LogP) is 10.6. The van der Waals surface area contributed by atoms with Crippen LogP contribution in [0.1, 0.15) is 0 Å². The lowest BCUT2D eigenvalue weighted by Crippen LogP contribution is -2.06. The first-order valence-electron chi connectivity index (χ1n) is 14.9. The molecule has 0 aliphatic heterocycles. The van der Waals surface area contributed by atoms with Crippen LogP contribution < -0.4 is 0 Å². The number of hydrogen-bond donors (Lipinski definition) is 0. The molecule has 10 rings (SSSR count). The summed E-state index contributed by atoms with van der Waals surface area (Å²) in [6.45, 7) is 0. The second-order valence-corrected chi connectivity index (χ2v) is 12.3. The summed E-state index contributed by atoms with van der Waals surface area (Å²) in [7, 11) is 0. The average molecular weight is 595 g/mol. The van der Waals surface area contributed by atoms with Crippen LogP contribution in [0.4, 0.5) is 0 Å². The Morgan fingerprint density at radius 1 is 0.467 bits per heavy atom. The van der Waals surface area contributed by atoms with Gasteiger partial charge in [0.05, 0.1) is 11.0 Å². The molecule has 0 unspecified atom stereocenters. The van der Waals surface area contributed by atoms with Gasteiger partial charge in [-0.05, 0) is 36.4 Å². The summed E-state index contributed by atoms with van der Waals surface area (Å²) in [6.07, 6.45) is 0. The van der Waals surface area contributed by atoms with Gasteiger partial charge in [0.25, 0.3) is 0 Å². The van der Waals surface area contributed by atoms with Crippen LogP contribution >= 0.6 is 11.3 Å². The van der Waals surface area contributed by atoms with Crippen molar-refractivity contribution in [1.29, 1.82) is 0 Å². The molecular formula is C39H22N4OS. The molecule has 0 amide bonds. The minimum atomic E-state index is 0.590. The third-order valence-electron chi connectivity index (χ3n) is 8.66. The fraction of sp³-hybridized carbons (Fsp3) is 0. The minimum absolute atomic E-state index is 0.590. The van der Waals surface area contributed by atoms with Crippen molar-refractivity contribution in [2.45, 2.75) is 0 Å². The quantitative estimate of drug-likeness (QED) is 0.204. The first kappa shape index (κ1) is 24.6. The van der Waals surface area contributed by atoms with Gasteiger partial charge >= 0.3 is 0 Å². The fourth-order valence-electron chi connectivity index (χ4n) is 6.66. The van der Waals surface area contributed by atoms with Gasteiger partial charge in [0.1, 0.15) is 11.2 Å². The van der Waals surface area contributed by atoms with Crippen LogP contribution in [0.5, 0.6) is 0 Å². The zero-order chi connectivity index (χ0) is 29.5. The smallest absolute Gasteiger partial charge is 0.238 e. The van der Waals surface area contributed by atoms with Crippen molar-refractivity contribution in [2.75, 3.05) is 0 Å². The van der Waals surface area contributed by atoms with Crippen LogP contribution in [-0.2, 0) is 0 Å². The van der Waals surface area contributed by atoms with E-state index in [-0.39, 0.29) is 0 Å². The molecule has 0 spiro atoms. The van der Waals surface area contributed by atoms with Crippen molar-refractivity contribution in [3.8, 4) is 28.7 Å². The molecule has 210 valence electrons. The van der Waals surface area contributed by atoms with E-state index in [1.54, 1.807) is 0 Å². The molecule has 0 saturated carbocycles. The molecule has 10 aromatic rings. The molecule has 0 saturated heterocycles. The van der Waals surface area contributed by atoms with E-state index in [0.29, 0.717) is 17.6 Å². The SMILES string of the molecule is c1ccc(-c2nc(-c3ccccc3)nc(-n3c4ccccc4c4cc5sc6ccc7oc8ccccc8c7c6c5cc43)n2)cc1. The summed E-state index contributed by atoms with van der Waals surface area (Å²) in [5.41, 5.74) is 5.80. The lowest BCUT2D eigenvalue weighted by molar-refractivity contribution is 0.669. The third kappa shape index (κ3) is 3.63. The number of aromatic nitrogens is 4. The number of rotatable bonds is 3. The first-order chi connectivity index (χ1) is 22.3. The number of hydrogen-bond acceptors (Lipinski definition) is 5. The molecule has 6 heteroatoms. The summed E-state index contributed by atoms with van der Waals surface area (Å²) in [5, 5.41) is 7.05. The fourth-order valence-corrected chi connectivity index (χ4v) is 7.79. The van der Waals surface area contributed by atoms with E-state index < -0.39 is 0 Å². The molecule has 4 heterocycles. The highest BCUT2D eigenvalue weighted by molar-refractivity contribution is 7.26. The lowest BCUT2D eigenvalue weighted by Gasteiger charge is -2.11. The second kappa shape index (κ2) is 9.32. The molecule has 0 atom stereocenters. The number of fused-ring (bicyclic) bond motifs is 10. The Bertz CT molecular complexity index is 2700. The van der Waals surface area contributed by atoms with Crippen molar-refractivity contribution in [1.82, 2.24) is 19.5 Å². The Morgan fingerprint density at radius 2 is 1.13 bits per heavy atom. The summed E-state index contributed by atoms with van der Waals surface area (Å²) in [4.78, 5) is 15.2. The van der Waals surface area contributed by atoms with Crippen molar-refractivity contribution in [2.24, 2.45) is 0 Å². The molecule has 0 aliphatic rings. The highest BCUT2D eigenvalue weighted by Gasteiger charge is 2.21. The van der Waals surface area contributed by atoms with Gasteiger partial charge in [-0.15, -0.1) is 11.3 Å². The average Bonchev–Trinajstić information content (AvgIpc) is 3.76. The van der Waals surface area contributed by atoms with E-state index in [4.69, 9.17) is 19.4 Å². The maximum Gasteiger partial charge on any atom is 0.238 e. The molecule has 0 radical (unpaired) electrons. The van der Waals surface area contributed by atoms with Crippen LogP contribution in [0.15, 0.2) is 138 Å². The molecule has 5 nitrogen and oxygen atoms in total. The highest BCUT2D eigenvalue weighted by Crippen LogP contribution is 2.45. The van der Waals surface area contributed by atoms with Crippen LogP contribution in [-0.4, -0.2) is 19.5 Å². The Labute approximate surface area is 260 Å². The Morgan fingerprint density at radius 3 is 1.89 bits per heavy atom. The van der Waals surface area contributed by atoms with Gasteiger partial charge in [-0.2, -0.15) is 9.97 Å². The summed E-state index contributed by atoms with van der Waals surface area (Å²) >= 11 is 1.82. The van der Waals surface area contributed by atoms with E-state index in [2.05, 4.69) is 65.2 Å². The molecule has 4 aromatic heterocycles. The largest absolute Gasteiger partial charge is 0.456 e. The van der Waals surface area contributed by atoms with Crippen LogP contribution in [0.3, 0.4) is 0 Å². The number of para-hydroxylation sites is 2. The summed E-state index contributed by atoms with van der Waals surface area (Å²) in [6, 6.07) is 46.0. The van der Waals surface area contributed by atoms with E-state index in [1.165, 1.54) is 25.6 Å². The van der Waals surface area contributed by atoms with E-state index in [0.717, 1.165) is 49.5 Å². The summed E-state index contributed by atoms with van der Waals surface area (Å²) < 4.78 is 11.0. The van der Waals surface area contributed by atoms with E-state index >= 15 is 0 Å². The van der Waals surface area contributed by atoms with E-state index in [9.17, 15) is 0 Å². The zero-order valence-corrected chi connectivity index (χ0v) is 24.6. The second-order valence-electron chi connectivity index (χ2n) is 11.2. The minimum Gasteiger partial charge on any atom is -0.456 e. The van der Waals surface area contributed by atoms with Gasteiger partial charge < -0.3 is 4.42 Å². The normalized spacial score (nSPS) is 12.0. The van der Waals surface area contributed by atoms with Gasteiger partial charge in [0.2, 0.25) is 5.95 Å². The topological polar surface area (TPSA) is 56.7 Å². The van der Waals surface area contributed by atoms with Crippen LogP contribution in [0.25, 0.3) is 92.6 Å². The van der Waals surface area contributed by atoms with Crippen LogP contribution in [0, 0.1) is 0 Å². The van der Waals surface area contributed by atoms with Crippen molar-refractivity contribution in [3.05, 3.63) is 133 Å². The molecular weight excluding hydrogens is 573 g/mol. The number of furan rings is 1. The standard InChI is InChI=1S/C39H22N4OS/c1-3-11-23(12-4-1)37-40-38(24-13-5-2-6-14-24)42-39(41-37)43-29-17-9-7-15-25(29)27-22-34-28(21-30(27)43)36-33(45-34)20-19-32-35(36)26-16-8-10-18-31(26)44-32/h1-22H. The van der Waals surface area contributed by atoms with Crippen molar-refractivity contribution in [3.63, 3.8) is 0 Å². The Hall–Kier alpha value is -5.85. The first-order valence-corrected chi connectivity index (χ1v) is 15.7. The maximum absolute atomic E-state index is 6.29. The van der Waals surface area contributed by atoms with Gasteiger partial charge in [-0.1, -0.05) is 97.1 Å². The monoisotopic (exact) mass is 594 g/mol. The molecule has 0 aliphatic carbocycles. The van der Waals surface area contributed by atoms with Gasteiger partial charge in [-0.25, -0.2) is 4.98 Å². The van der Waals surface area contributed by atoms with Gasteiger partial charge in [0.15, 0.2) is 11.6 Å². The van der Waals surface area contributed by atoms with Gasteiger partial charge in [0, 0.05) is 52.8 Å². The number of benzene rings is 6. The summed E-state index contributed by atoms with van der Waals surface area (Å²) in [5.74, 6) is 1.87. The van der Waals surface area contributed by atoms with Crippen molar-refractivity contribution < 1.29 is 4.42 Å². The zero-order valence-electron chi connectivity index (χ0n) is 23.8.